The summed E-state index contributed by atoms with van der Waals surface area (Å²) in [5.74, 6) is -0.982. The first kappa shape index (κ1) is 14.5. The van der Waals surface area contributed by atoms with Gasteiger partial charge in [-0.05, 0) is 36.8 Å². The van der Waals surface area contributed by atoms with E-state index in [1.165, 1.54) is 0 Å². The average Bonchev–Trinajstić information content (AvgIpc) is 2.83. The lowest BCUT2D eigenvalue weighted by Gasteiger charge is -2.01. The number of carboxylic acids is 1. The molecule has 0 unspecified atom stereocenters. The van der Waals surface area contributed by atoms with Crippen LogP contribution in [0.2, 0.25) is 0 Å². The summed E-state index contributed by atoms with van der Waals surface area (Å²) in [6.07, 6.45) is 4.67. The van der Waals surface area contributed by atoms with E-state index in [-0.39, 0.29) is 0 Å². The van der Waals surface area contributed by atoms with Crippen molar-refractivity contribution in [3.8, 4) is 11.3 Å². The van der Waals surface area contributed by atoms with Crippen molar-refractivity contribution in [2.75, 3.05) is 0 Å². The Morgan fingerprint density at radius 3 is 2.64 bits per heavy atom. The maximum Gasteiger partial charge on any atom is 0.328 e. The second-order valence-electron chi connectivity index (χ2n) is 4.96. The Balaban J connectivity index is 2.26. The highest BCUT2D eigenvalue weighted by Gasteiger charge is 2.12. The summed E-state index contributed by atoms with van der Waals surface area (Å²) in [6, 6.07) is 11.7. The maximum absolute atomic E-state index is 10.9. The molecule has 0 saturated heterocycles. The normalized spacial score (nSPS) is 11.4. The molecule has 0 fully saturated rings. The molecular weight excluding hydrogens is 344 g/mol. The molecule has 4 nitrogen and oxygen atoms in total. The highest BCUT2D eigenvalue weighted by atomic mass is 79.9. The van der Waals surface area contributed by atoms with Gasteiger partial charge in [0.1, 0.15) is 5.65 Å². The average molecular weight is 357 g/mol. The van der Waals surface area contributed by atoms with E-state index in [4.69, 9.17) is 5.11 Å². The fourth-order valence-electron chi connectivity index (χ4n) is 2.30. The number of pyridine rings is 1. The van der Waals surface area contributed by atoms with Gasteiger partial charge in [-0.3, -0.25) is 4.40 Å². The molecule has 0 aliphatic heterocycles. The van der Waals surface area contributed by atoms with Crippen LogP contribution in [-0.2, 0) is 4.79 Å². The fraction of sp³-hybridized carbons (Fsp3) is 0.0588. The Morgan fingerprint density at radius 2 is 1.95 bits per heavy atom. The number of hydrogen-bond donors (Lipinski definition) is 1. The molecule has 5 heteroatoms. The zero-order valence-corrected chi connectivity index (χ0v) is 13.4. The number of aliphatic carboxylic acids is 1. The van der Waals surface area contributed by atoms with E-state index in [9.17, 15) is 4.79 Å². The number of benzene rings is 1. The third kappa shape index (κ3) is 2.80. The van der Waals surface area contributed by atoms with Crippen molar-refractivity contribution in [2.24, 2.45) is 0 Å². The zero-order valence-electron chi connectivity index (χ0n) is 11.8. The molecule has 2 heterocycles. The van der Waals surface area contributed by atoms with E-state index in [1.54, 1.807) is 6.08 Å². The number of imidazole rings is 1. The number of rotatable bonds is 3. The topological polar surface area (TPSA) is 54.6 Å². The van der Waals surface area contributed by atoms with Crippen LogP contribution < -0.4 is 0 Å². The molecule has 0 radical (unpaired) electrons. The molecule has 0 amide bonds. The van der Waals surface area contributed by atoms with Gasteiger partial charge >= 0.3 is 5.97 Å². The number of carbonyl (C=O) groups is 1. The lowest BCUT2D eigenvalue weighted by atomic mass is 10.1. The molecule has 0 spiro atoms. The molecule has 0 atom stereocenters. The van der Waals surface area contributed by atoms with Gasteiger partial charge in [0.15, 0.2) is 0 Å². The maximum atomic E-state index is 10.9. The molecule has 22 heavy (non-hydrogen) atoms. The lowest BCUT2D eigenvalue weighted by molar-refractivity contribution is -0.131. The summed E-state index contributed by atoms with van der Waals surface area (Å²) in [5.41, 5.74) is 4.32. The predicted molar refractivity (Wildman–Crippen MR) is 89.7 cm³/mol. The van der Waals surface area contributed by atoms with Gasteiger partial charge in [-0.1, -0.05) is 34.1 Å². The van der Waals surface area contributed by atoms with Crippen LogP contribution in [0.1, 0.15) is 11.3 Å². The van der Waals surface area contributed by atoms with E-state index in [0.717, 1.165) is 38.7 Å². The molecule has 0 aliphatic carbocycles. The van der Waals surface area contributed by atoms with Crippen LogP contribution in [0.4, 0.5) is 0 Å². The first-order chi connectivity index (χ1) is 10.5. The number of hydrogen-bond acceptors (Lipinski definition) is 2. The summed E-state index contributed by atoms with van der Waals surface area (Å²) >= 11 is 3.41. The third-order valence-corrected chi connectivity index (χ3v) is 3.83. The van der Waals surface area contributed by atoms with Gasteiger partial charge in [0.25, 0.3) is 0 Å². The number of carboxylic acid groups (broad SMARTS) is 1. The minimum Gasteiger partial charge on any atom is -0.478 e. The smallest absolute Gasteiger partial charge is 0.328 e. The number of aromatic nitrogens is 2. The van der Waals surface area contributed by atoms with E-state index < -0.39 is 5.97 Å². The molecule has 0 bridgehead atoms. The minimum absolute atomic E-state index is 0.753. The Bertz CT molecular complexity index is 880. The Morgan fingerprint density at radius 1 is 1.23 bits per heavy atom. The minimum atomic E-state index is -0.982. The molecule has 1 N–H and O–H groups in total. The van der Waals surface area contributed by atoms with Crippen molar-refractivity contribution in [1.82, 2.24) is 9.38 Å². The SMILES string of the molecule is Cc1ccc2nc(-c3ccc(Br)cc3)c(/C=C/C(=O)O)n2c1. The van der Waals surface area contributed by atoms with Crippen LogP contribution in [0.15, 0.2) is 53.1 Å². The number of aryl methyl sites for hydroxylation is 1. The molecule has 3 aromatic rings. The molecule has 2 aromatic heterocycles. The van der Waals surface area contributed by atoms with Crippen LogP contribution in [-0.4, -0.2) is 20.5 Å². The van der Waals surface area contributed by atoms with Crippen LogP contribution in [0.25, 0.3) is 23.0 Å². The molecule has 0 aliphatic rings. The summed E-state index contributed by atoms with van der Waals surface area (Å²) in [4.78, 5) is 15.5. The first-order valence-electron chi connectivity index (χ1n) is 6.70. The third-order valence-electron chi connectivity index (χ3n) is 3.30. The van der Waals surface area contributed by atoms with Crippen molar-refractivity contribution in [2.45, 2.75) is 6.92 Å². The van der Waals surface area contributed by atoms with E-state index in [1.807, 2.05) is 53.9 Å². The van der Waals surface area contributed by atoms with Crippen molar-refractivity contribution in [3.63, 3.8) is 0 Å². The van der Waals surface area contributed by atoms with Crippen molar-refractivity contribution in [1.29, 1.82) is 0 Å². The molecule has 1 aromatic carbocycles. The van der Waals surface area contributed by atoms with Crippen LogP contribution >= 0.6 is 15.9 Å². The van der Waals surface area contributed by atoms with Gasteiger partial charge in [-0.25, -0.2) is 9.78 Å². The van der Waals surface area contributed by atoms with Gasteiger partial charge in [0, 0.05) is 22.3 Å². The number of nitrogens with zero attached hydrogens (tertiary/aromatic N) is 2. The van der Waals surface area contributed by atoms with Gasteiger partial charge in [0.2, 0.25) is 0 Å². The highest BCUT2D eigenvalue weighted by molar-refractivity contribution is 9.10. The summed E-state index contributed by atoms with van der Waals surface area (Å²) in [7, 11) is 0. The highest BCUT2D eigenvalue weighted by Crippen LogP contribution is 2.27. The van der Waals surface area contributed by atoms with E-state index in [0.29, 0.717) is 0 Å². The predicted octanol–water partition coefficient (Wildman–Crippen LogP) is 4.17. The Labute approximate surface area is 135 Å². The van der Waals surface area contributed by atoms with Gasteiger partial charge in [-0.2, -0.15) is 0 Å². The van der Waals surface area contributed by atoms with Crippen molar-refractivity contribution >= 4 is 33.6 Å². The van der Waals surface area contributed by atoms with Crippen molar-refractivity contribution < 1.29 is 9.90 Å². The van der Waals surface area contributed by atoms with E-state index in [2.05, 4.69) is 20.9 Å². The van der Waals surface area contributed by atoms with Gasteiger partial charge in [-0.15, -0.1) is 0 Å². The van der Waals surface area contributed by atoms with Crippen molar-refractivity contribution in [3.05, 3.63) is 64.4 Å². The molecule has 3 rings (SSSR count). The monoisotopic (exact) mass is 356 g/mol. The summed E-state index contributed by atoms with van der Waals surface area (Å²) in [5, 5.41) is 8.91. The Kier molecular flexibility index (Phi) is 3.81. The Hall–Kier alpha value is -2.40. The number of fused-ring (bicyclic) bond motifs is 1. The van der Waals surface area contributed by atoms with Crippen LogP contribution in [0, 0.1) is 6.92 Å². The quantitative estimate of drug-likeness (QED) is 0.716. The second kappa shape index (κ2) is 5.77. The molecule has 110 valence electrons. The fourth-order valence-corrected chi connectivity index (χ4v) is 2.56. The van der Waals surface area contributed by atoms with Gasteiger partial charge in [0.05, 0.1) is 11.4 Å². The van der Waals surface area contributed by atoms with Gasteiger partial charge < -0.3 is 5.11 Å². The lowest BCUT2D eigenvalue weighted by Crippen LogP contribution is -1.92. The largest absolute Gasteiger partial charge is 0.478 e. The number of halogens is 1. The standard InChI is InChI=1S/C17H13BrN2O2/c1-11-2-8-15-19-17(12-3-5-13(18)6-4-12)14(20(15)10-11)7-9-16(21)22/h2-10H,1H3,(H,21,22)/b9-7+. The summed E-state index contributed by atoms with van der Waals surface area (Å²) < 4.78 is 2.89. The van der Waals surface area contributed by atoms with Crippen LogP contribution in [0.5, 0.6) is 0 Å². The molecule has 0 saturated carbocycles. The molecular formula is C17H13BrN2O2. The first-order valence-corrected chi connectivity index (χ1v) is 7.49. The van der Waals surface area contributed by atoms with E-state index >= 15 is 0 Å². The second-order valence-corrected chi connectivity index (χ2v) is 5.87. The zero-order chi connectivity index (χ0) is 15.7. The van der Waals surface area contributed by atoms with Crippen LogP contribution in [0.3, 0.4) is 0 Å². The summed E-state index contributed by atoms with van der Waals surface area (Å²) in [6.45, 7) is 1.99.